The van der Waals surface area contributed by atoms with Crippen molar-refractivity contribution < 1.29 is 9.32 Å². The normalized spacial score (nSPS) is 24.9. The molecule has 2 atom stereocenters. The predicted octanol–water partition coefficient (Wildman–Crippen LogP) is 3.07. The molecule has 2 fully saturated rings. The van der Waals surface area contributed by atoms with Crippen molar-refractivity contribution in [1.82, 2.24) is 19.9 Å². The number of hydrogen-bond acceptors (Lipinski definition) is 8. The van der Waals surface area contributed by atoms with E-state index in [1.807, 2.05) is 0 Å². The Hall–Kier alpha value is -1.84. The lowest BCUT2D eigenvalue weighted by molar-refractivity contribution is 0.143. The third kappa shape index (κ3) is 4.34. The lowest BCUT2D eigenvalue weighted by Crippen LogP contribution is -2.49. The first-order chi connectivity index (χ1) is 15.6. The minimum absolute atomic E-state index is 0.0558. The van der Waals surface area contributed by atoms with Crippen molar-refractivity contribution in [3.8, 4) is 0 Å². The molecule has 172 valence electrons. The van der Waals surface area contributed by atoms with Crippen molar-refractivity contribution in [3.05, 3.63) is 28.9 Å². The van der Waals surface area contributed by atoms with E-state index in [1.54, 1.807) is 12.4 Å². The van der Waals surface area contributed by atoms with Crippen molar-refractivity contribution in [2.75, 3.05) is 35.7 Å². The maximum atomic E-state index is 12.8. The number of nitrogens with zero attached hydrogens (tertiary/aromatic N) is 5. The van der Waals surface area contributed by atoms with Gasteiger partial charge in [-0.2, -0.15) is 4.98 Å². The maximum Gasteiger partial charge on any atom is 0.227 e. The van der Waals surface area contributed by atoms with Crippen LogP contribution < -0.4 is 10.2 Å². The summed E-state index contributed by atoms with van der Waals surface area (Å²) in [4.78, 5) is 21.6. The molecule has 0 spiro atoms. The van der Waals surface area contributed by atoms with E-state index in [0.29, 0.717) is 22.5 Å². The van der Waals surface area contributed by atoms with Crippen molar-refractivity contribution in [2.24, 2.45) is 0 Å². The van der Waals surface area contributed by atoms with Crippen LogP contribution in [0.3, 0.4) is 0 Å². The van der Waals surface area contributed by atoms with Gasteiger partial charge in [0.15, 0.2) is 0 Å². The summed E-state index contributed by atoms with van der Waals surface area (Å²) in [6.07, 6.45) is 10.8. The highest BCUT2D eigenvalue weighted by molar-refractivity contribution is 7.85. The fraction of sp³-hybridized carbons (Fsp3) is 0.636. The van der Waals surface area contributed by atoms with Crippen LogP contribution in [0.15, 0.2) is 17.3 Å². The minimum atomic E-state index is -1.11. The van der Waals surface area contributed by atoms with E-state index in [2.05, 4.69) is 20.2 Å². The zero-order valence-electron chi connectivity index (χ0n) is 18.1. The molecule has 0 radical (unpaired) electrons. The predicted molar refractivity (Wildman–Crippen MR) is 125 cm³/mol. The number of aryl methyl sites for hydroxylation is 1. The molecule has 32 heavy (non-hydrogen) atoms. The van der Waals surface area contributed by atoms with Crippen molar-refractivity contribution >= 4 is 34.2 Å². The molecule has 3 aliphatic rings. The summed E-state index contributed by atoms with van der Waals surface area (Å²) in [5.41, 5.74) is 0.535. The summed E-state index contributed by atoms with van der Waals surface area (Å²) in [6.45, 7) is 1.72. The van der Waals surface area contributed by atoms with Crippen molar-refractivity contribution in [2.45, 2.75) is 67.7 Å². The van der Waals surface area contributed by atoms with Crippen molar-refractivity contribution in [3.63, 3.8) is 0 Å². The first-order valence-corrected chi connectivity index (χ1v) is 13.2. The fourth-order valence-corrected chi connectivity index (χ4v) is 6.29. The second-order valence-electron chi connectivity index (χ2n) is 9.09. The number of anilines is 2. The Morgan fingerprint density at radius 2 is 1.97 bits per heavy atom. The molecule has 2 N–H and O–H groups in total. The smallest absolute Gasteiger partial charge is 0.227 e. The SMILES string of the molecule is O=[S@]1CCCc2nc(N3CCCC(c4ncc(Cl)cn4)CC3)nc(NC3(CO)CCC3)c21. The van der Waals surface area contributed by atoms with Gasteiger partial charge in [0.25, 0.3) is 0 Å². The summed E-state index contributed by atoms with van der Waals surface area (Å²) in [5.74, 6) is 3.11. The molecule has 2 aromatic rings. The first kappa shape index (κ1) is 22.0. The van der Waals surface area contributed by atoms with E-state index < -0.39 is 10.8 Å². The molecule has 8 nitrogen and oxygen atoms in total. The molecular formula is C22H29ClN6O2S. The van der Waals surface area contributed by atoms with Gasteiger partial charge in [-0.3, -0.25) is 4.21 Å². The molecule has 0 bridgehead atoms. The van der Waals surface area contributed by atoms with Crippen LogP contribution in [0.2, 0.25) is 5.02 Å². The summed E-state index contributed by atoms with van der Waals surface area (Å²) >= 11 is 5.95. The molecule has 1 saturated carbocycles. The Balaban J connectivity index is 1.41. The fourth-order valence-electron chi connectivity index (χ4n) is 4.86. The number of halogens is 1. The Morgan fingerprint density at radius 1 is 1.16 bits per heavy atom. The van der Waals surface area contributed by atoms with Crippen LogP contribution in [0.25, 0.3) is 0 Å². The lowest BCUT2D eigenvalue weighted by atomic mass is 9.77. The van der Waals surface area contributed by atoms with Crippen LogP contribution in [0.4, 0.5) is 11.8 Å². The highest BCUT2D eigenvalue weighted by Crippen LogP contribution is 2.38. The number of aliphatic hydroxyl groups is 1. The van der Waals surface area contributed by atoms with Gasteiger partial charge in [0.1, 0.15) is 16.5 Å². The molecular weight excluding hydrogens is 448 g/mol. The van der Waals surface area contributed by atoms with Crippen LogP contribution in [0.5, 0.6) is 0 Å². The Morgan fingerprint density at radius 3 is 2.69 bits per heavy atom. The number of aliphatic hydroxyl groups excluding tert-OH is 1. The van der Waals surface area contributed by atoms with E-state index in [-0.39, 0.29) is 18.1 Å². The second kappa shape index (κ2) is 9.19. The Bertz CT molecular complexity index is 995. The second-order valence-corrected chi connectivity index (χ2v) is 11.0. The number of rotatable bonds is 5. The largest absolute Gasteiger partial charge is 0.394 e. The molecule has 0 aromatic carbocycles. The molecule has 0 amide bonds. The summed E-state index contributed by atoms with van der Waals surface area (Å²) in [6, 6.07) is 0. The average Bonchev–Trinajstić information content (AvgIpc) is 3.03. The topological polar surface area (TPSA) is 104 Å². The summed E-state index contributed by atoms with van der Waals surface area (Å²) in [5, 5.41) is 14.0. The molecule has 2 aromatic heterocycles. The van der Waals surface area contributed by atoms with Crippen LogP contribution in [-0.2, 0) is 17.2 Å². The van der Waals surface area contributed by atoms with Gasteiger partial charge >= 0.3 is 0 Å². The number of fused-ring (bicyclic) bond motifs is 1. The van der Waals surface area contributed by atoms with Crippen LogP contribution in [0.1, 0.15) is 62.4 Å². The molecule has 5 rings (SSSR count). The van der Waals surface area contributed by atoms with Gasteiger partial charge < -0.3 is 15.3 Å². The number of hydrogen-bond donors (Lipinski definition) is 2. The summed E-state index contributed by atoms with van der Waals surface area (Å²) in [7, 11) is -1.11. The standard InChI is InChI=1S/C22H29ClN6O2S/c23-16-12-24-19(25-13-16)15-4-1-9-29(10-6-15)21-26-17-5-2-11-32(31)18(17)20(27-21)28-22(14-30)7-3-8-22/h12-13,15,30H,1-11,14H2,(H,26,27,28)/t15?,32-/m0/s1. The van der Waals surface area contributed by atoms with E-state index in [9.17, 15) is 9.32 Å². The van der Waals surface area contributed by atoms with Gasteiger partial charge in [-0.15, -0.1) is 0 Å². The third-order valence-electron chi connectivity index (χ3n) is 6.91. The van der Waals surface area contributed by atoms with E-state index in [4.69, 9.17) is 21.6 Å². The van der Waals surface area contributed by atoms with E-state index in [0.717, 1.165) is 80.9 Å². The number of aromatic nitrogens is 4. The molecule has 1 aliphatic carbocycles. The highest BCUT2D eigenvalue weighted by atomic mass is 35.5. The first-order valence-electron chi connectivity index (χ1n) is 11.5. The van der Waals surface area contributed by atoms with Gasteiger partial charge in [-0.05, 0) is 51.4 Å². The van der Waals surface area contributed by atoms with Crippen LogP contribution in [-0.4, -0.2) is 60.2 Å². The molecule has 10 heteroatoms. The highest BCUT2D eigenvalue weighted by Gasteiger charge is 2.38. The zero-order chi connectivity index (χ0) is 22.1. The van der Waals surface area contributed by atoms with E-state index in [1.165, 1.54) is 0 Å². The third-order valence-corrected chi connectivity index (χ3v) is 8.65. The Kier molecular flexibility index (Phi) is 6.31. The minimum Gasteiger partial charge on any atom is -0.394 e. The van der Waals surface area contributed by atoms with Crippen LogP contribution in [0, 0.1) is 0 Å². The lowest BCUT2D eigenvalue weighted by Gasteiger charge is -2.42. The van der Waals surface area contributed by atoms with Gasteiger partial charge in [0, 0.05) is 37.2 Å². The summed E-state index contributed by atoms with van der Waals surface area (Å²) < 4.78 is 12.8. The molecule has 4 heterocycles. The number of nitrogens with one attached hydrogen (secondary N) is 1. The van der Waals surface area contributed by atoms with Crippen molar-refractivity contribution in [1.29, 1.82) is 0 Å². The van der Waals surface area contributed by atoms with Crippen LogP contribution >= 0.6 is 11.6 Å². The molecule has 1 saturated heterocycles. The monoisotopic (exact) mass is 476 g/mol. The quantitative estimate of drug-likeness (QED) is 0.678. The molecule has 2 aliphatic heterocycles. The van der Waals surface area contributed by atoms with Gasteiger partial charge in [0.05, 0.1) is 33.7 Å². The van der Waals surface area contributed by atoms with Gasteiger partial charge in [-0.25, -0.2) is 15.0 Å². The zero-order valence-corrected chi connectivity index (χ0v) is 19.7. The van der Waals surface area contributed by atoms with Gasteiger partial charge in [0.2, 0.25) is 5.95 Å². The Labute approximate surface area is 195 Å². The average molecular weight is 477 g/mol. The molecule has 1 unspecified atom stereocenters. The van der Waals surface area contributed by atoms with Gasteiger partial charge in [-0.1, -0.05) is 11.6 Å². The van der Waals surface area contributed by atoms with E-state index >= 15 is 0 Å². The maximum absolute atomic E-state index is 12.8.